The number of nitrogens with zero attached hydrogens (tertiary/aromatic N) is 3. The lowest BCUT2D eigenvalue weighted by Crippen LogP contribution is -2.36. The topological polar surface area (TPSA) is 62.5 Å². The van der Waals surface area contributed by atoms with Crippen LogP contribution in [0.4, 0.5) is 10.9 Å². The van der Waals surface area contributed by atoms with Crippen LogP contribution in [0.25, 0.3) is 0 Å². The smallest absolute Gasteiger partial charge is 0.267 e. The zero-order chi connectivity index (χ0) is 14.9. The molecule has 0 radical (unpaired) electrons. The third-order valence-corrected chi connectivity index (χ3v) is 5.23. The first-order valence-electron chi connectivity index (χ1n) is 7.27. The molecule has 1 saturated carbocycles. The Morgan fingerprint density at radius 3 is 2.55 bits per heavy atom. The van der Waals surface area contributed by atoms with Crippen LogP contribution in [-0.4, -0.2) is 42.0 Å². The average Bonchev–Trinajstić information content (AvgIpc) is 3.22. The molecule has 0 bridgehead atoms. The number of carbonyl (C=O) groups excluding carboxylic acids is 1. The van der Waals surface area contributed by atoms with E-state index >= 15 is 0 Å². The minimum absolute atomic E-state index is 0.00203. The predicted octanol–water partition coefficient (Wildman–Crippen LogP) is 2.44. The lowest BCUT2D eigenvalue weighted by atomic mass is 10.2. The van der Waals surface area contributed by atoms with Gasteiger partial charge < -0.3 is 15.5 Å². The van der Waals surface area contributed by atoms with Gasteiger partial charge in [0.1, 0.15) is 10.7 Å². The molecule has 1 heterocycles. The van der Waals surface area contributed by atoms with Crippen LogP contribution in [-0.2, 0) is 0 Å². The summed E-state index contributed by atoms with van der Waals surface area (Å²) < 4.78 is 0. The highest BCUT2D eigenvalue weighted by Crippen LogP contribution is 2.36. The lowest BCUT2D eigenvalue weighted by Gasteiger charge is -2.24. The molecule has 0 spiro atoms. The summed E-state index contributed by atoms with van der Waals surface area (Å²) in [5.74, 6) is 1.01. The molecule has 5 nitrogen and oxygen atoms in total. The standard InChI is InChI=1S/C14H24N4OS/c1-5-18(6-2)14-16-12(15)11(20-14)13(19)17(4)9(3)10-7-8-10/h9-10H,5-8,15H2,1-4H3. The molecule has 0 aromatic carbocycles. The maximum atomic E-state index is 12.5. The van der Waals surface area contributed by atoms with E-state index < -0.39 is 0 Å². The number of amides is 1. The van der Waals surface area contributed by atoms with E-state index in [-0.39, 0.29) is 11.9 Å². The molecule has 0 saturated heterocycles. The molecule has 1 aliphatic rings. The molecular weight excluding hydrogens is 272 g/mol. The van der Waals surface area contributed by atoms with Gasteiger partial charge in [-0.2, -0.15) is 0 Å². The van der Waals surface area contributed by atoms with Gasteiger partial charge in [-0.25, -0.2) is 4.98 Å². The fourth-order valence-corrected chi connectivity index (χ4v) is 3.44. The summed E-state index contributed by atoms with van der Waals surface area (Å²) in [5, 5.41) is 0.836. The number of aromatic nitrogens is 1. The Balaban J connectivity index is 2.17. The number of hydrogen-bond donors (Lipinski definition) is 1. The largest absolute Gasteiger partial charge is 0.382 e. The predicted molar refractivity (Wildman–Crippen MR) is 84.4 cm³/mol. The summed E-state index contributed by atoms with van der Waals surface area (Å²) in [6, 6.07) is 0.279. The van der Waals surface area contributed by atoms with Crippen molar-refractivity contribution in [3.63, 3.8) is 0 Å². The van der Waals surface area contributed by atoms with Crippen molar-refractivity contribution in [2.24, 2.45) is 5.92 Å². The van der Waals surface area contributed by atoms with Crippen molar-refractivity contribution >= 4 is 28.2 Å². The monoisotopic (exact) mass is 296 g/mol. The van der Waals surface area contributed by atoms with Gasteiger partial charge in [0.15, 0.2) is 5.13 Å². The molecule has 6 heteroatoms. The molecule has 0 aliphatic heterocycles. The van der Waals surface area contributed by atoms with Crippen LogP contribution < -0.4 is 10.6 Å². The molecule has 2 N–H and O–H groups in total. The van der Waals surface area contributed by atoms with Gasteiger partial charge in [-0.1, -0.05) is 11.3 Å². The van der Waals surface area contributed by atoms with Crippen molar-refractivity contribution in [2.45, 2.75) is 39.7 Å². The summed E-state index contributed by atoms with van der Waals surface area (Å²) in [5.41, 5.74) is 5.94. The number of nitrogen functional groups attached to an aromatic ring is 1. The zero-order valence-corrected chi connectivity index (χ0v) is 13.5. The van der Waals surface area contributed by atoms with Crippen LogP contribution in [0, 0.1) is 5.92 Å². The van der Waals surface area contributed by atoms with E-state index in [4.69, 9.17) is 5.73 Å². The first kappa shape index (κ1) is 15.1. The molecule has 1 aromatic heterocycles. The van der Waals surface area contributed by atoms with E-state index in [1.807, 2.05) is 11.9 Å². The highest BCUT2D eigenvalue weighted by atomic mass is 32.1. The molecule has 112 valence electrons. The summed E-state index contributed by atoms with van der Waals surface area (Å²) in [7, 11) is 1.86. The zero-order valence-electron chi connectivity index (χ0n) is 12.7. The maximum absolute atomic E-state index is 12.5. The van der Waals surface area contributed by atoms with Gasteiger partial charge in [0.05, 0.1) is 0 Å². The van der Waals surface area contributed by atoms with Crippen LogP contribution in [0.2, 0.25) is 0 Å². The number of hydrogen-bond acceptors (Lipinski definition) is 5. The molecule has 1 atom stereocenters. The van der Waals surface area contributed by atoms with Crippen molar-refractivity contribution < 1.29 is 4.79 Å². The van der Waals surface area contributed by atoms with Crippen LogP contribution in [0.3, 0.4) is 0 Å². The quantitative estimate of drug-likeness (QED) is 0.876. The second-order valence-electron chi connectivity index (χ2n) is 5.38. The van der Waals surface area contributed by atoms with E-state index in [1.165, 1.54) is 24.2 Å². The van der Waals surface area contributed by atoms with Crippen molar-refractivity contribution in [2.75, 3.05) is 30.8 Å². The molecule has 1 unspecified atom stereocenters. The highest BCUT2D eigenvalue weighted by molar-refractivity contribution is 7.18. The Hall–Kier alpha value is -1.30. The summed E-state index contributed by atoms with van der Waals surface area (Å²) in [6.07, 6.45) is 2.45. The first-order valence-corrected chi connectivity index (χ1v) is 8.09. The van der Waals surface area contributed by atoms with Gasteiger partial charge in [-0.15, -0.1) is 0 Å². The molecule has 1 aliphatic carbocycles. The van der Waals surface area contributed by atoms with Crippen molar-refractivity contribution in [3.8, 4) is 0 Å². The summed E-state index contributed by atoms with van der Waals surface area (Å²) >= 11 is 1.40. The van der Waals surface area contributed by atoms with Crippen molar-refractivity contribution in [1.29, 1.82) is 0 Å². The second kappa shape index (κ2) is 5.99. The minimum atomic E-state index is -0.00203. The maximum Gasteiger partial charge on any atom is 0.267 e. The van der Waals surface area contributed by atoms with E-state index in [1.54, 1.807) is 0 Å². The molecule has 1 amide bonds. The van der Waals surface area contributed by atoms with Gasteiger partial charge in [-0.3, -0.25) is 4.79 Å². The van der Waals surface area contributed by atoms with Crippen LogP contribution in [0.1, 0.15) is 43.3 Å². The molecule has 20 heavy (non-hydrogen) atoms. The summed E-state index contributed by atoms with van der Waals surface area (Å²) in [6.45, 7) is 7.99. The normalized spacial score (nSPS) is 16.0. The SMILES string of the molecule is CCN(CC)c1nc(N)c(C(=O)N(C)C(C)C2CC2)s1. The molecule has 2 rings (SSSR count). The van der Waals surface area contributed by atoms with Gasteiger partial charge in [0.2, 0.25) is 0 Å². The van der Waals surface area contributed by atoms with E-state index in [9.17, 15) is 4.79 Å². The molecular formula is C14H24N4OS. The van der Waals surface area contributed by atoms with E-state index in [2.05, 4.69) is 30.7 Å². The fourth-order valence-electron chi connectivity index (χ4n) is 2.34. The van der Waals surface area contributed by atoms with Crippen LogP contribution in [0.15, 0.2) is 0 Å². The van der Waals surface area contributed by atoms with E-state index in [0.29, 0.717) is 16.6 Å². The fraction of sp³-hybridized carbons (Fsp3) is 0.714. The number of nitrogens with two attached hydrogens (primary N) is 1. The first-order chi connectivity index (χ1) is 9.49. The van der Waals surface area contributed by atoms with Crippen molar-refractivity contribution in [3.05, 3.63) is 4.88 Å². The van der Waals surface area contributed by atoms with Gasteiger partial charge >= 0.3 is 0 Å². The van der Waals surface area contributed by atoms with E-state index in [0.717, 1.165) is 18.2 Å². The number of rotatable bonds is 6. The second-order valence-corrected chi connectivity index (χ2v) is 6.35. The Morgan fingerprint density at radius 1 is 1.45 bits per heavy atom. The Kier molecular flexibility index (Phi) is 4.52. The molecule has 1 fully saturated rings. The Labute approximate surface area is 124 Å². The number of anilines is 2. The van der Waals surface area contributed by atoms with Crippen molar-refractivity contribution in [1.82, 2.24) is 9.88 Å². The Morgan fingerprint density at radius 2 is 2.05 bits per heavy atom. The highest BCUT2D eigenvalue weighted by Gasteiger charge is 2.34. The van der Waals surface area contributed by atoms with Crippen LogP contribution in [0.5, 0.6) is 0 Å². The average molecular weight is 296 g/mol. The third kappa shape index (κ3) is 2.90. The van der Waals surface area contributed by atoms with Crippen LogP contribution >= 0.6 is 11.3 Å². The third-order valence-electron chi connectivity index (χ3n) is 4.11. The summed E-state index contributed by atoms with van der Waals surface area (Å²) in [4.78, 5) is 21.4. The van der Waals surface area contributed by atoms with Gasteiger partial charge in [-0.05, 0) is 39.5 Å². The van der Waals surface area contributed by atoms with Gasteiger partial charge in [0.25, 0.3) is 5.91 Å². The minimum Gasteiger partial charge on any atom is -0.382 e. The number of thiazole rings is 1. The lowest BCUT2D eigenvalue weighted by molar-refractivity contribution is 0.0733. The number of carbonyl (C=O) groups is 1. The molecule has 1 aromatic rings. The Bertz CT molecular complexity index is 480. The van der Waals surface area contributed by atoms with Gasteiger partial charge in [0, 0.05) is 26.2 Å².